The van der Waals surface area contributed by atoms with Gasteiger partial charge in [0, 0.05) is 30.9 Å². The zero-order chi connectivity index (χ0) is 12.5. The van der Waals surface area contributed by atoms with Crippen LogP contribution in [0.5, 0.6) is 0 Å². The van der Waals surface area contributed by atoms with Gasteiger partial charge in [-0.05, 0) is 25.8 Å². The molecule has 1 N–H and O–H groups in total. The van der Waals surface area contributed by atoms with E-state index in [0.29, 0.717) is 5.92 Å². The quantitative estimate of drug-likeness (QED) is 0.919. The Balaban J connectivity index is 1.60. The average molecular weight is 265 g/mol. The minimum atomic E-state index is -0.0991. The predicted octanol–water partition coefficient (Wildman–Crippen LogP) is 1.99. The second kappa shape index (κ2) is 4.99. The van der Waals surface area contributed by atoms with Crippen molar-refractivity contribution in [2.45, 2.75) is 31.9 Å². The number of nitrogens with zero attached hydrogens (tertiary/aromatic N) is 3. The molecule has 0 saturated heterocycles. The Morgan fingerprint density at radius 3 is 3.17 bits per heavy atom. The largest absolute Gasteiger partial charge is 0.393 e. The molecule has 2 heterocycles. The highest BCUT2D eigenvalue weighted by atomic mass is 32.1. The van der Waals surface area contributed by atoms with Crippen molar-refractivity contribution in [3.63, 3.8) is 0 Å². The van der Waals surface area contributed by atoms with Crippen molar-refractivity contribution in [3.8, 4) is 0 Å². The second-order valence-corrected chi connectivity index (χ2v) is 6.15. The fourth-order valence-electron chi connectivity index (χ4n) is 2.82. The molecule has 0 aromatic carbocycles. The highest BCUT2D eigenvalue weighted by Crippen LogP contribution is 2.26. The van der Waals surface area contributed by atoms with Crippen molar-refractivity contribution in [2.24, 2.45) is 5.92 Å². The van der Waals surface area contributed by atoms with Gasteiger partial charge in [-0.1, -0.05) is 6.42 Å². The van der Waals surface area contributed by atoms with Crippen molar-refractivity contribution < 1.29 is 5.11 Å². The van der Waals surface area contributed by atoms with Crippen molar-refractivity contribution in [2.75, 3.05) is 13.6 Å². The van der Waals surface area contributed by atoms with Crippen LogP contribution in [0.3, 0.4) is 0 Å². The van der Waals surface area contributed by atoms with Crippen LogP contribution < -0.4 is 0 Å². The van der Waals surface area contributed by atoms with Crippen LogP contribution in [0.25, 0.3) is 4.96 Å². The number of aliphatic hydroxyl groups is 1. The normalized spacial score (nSPS) is 24.4. The summed E-state index contributed by atoms with van der Waals surface area (Å²) >= 11 is 1.66. The number of hydrogen-bond donors (Lipinski definition) is 1. The number of fused-ring (bicyclic) bond motifs is 1. The fraction of sp³-hybridized carbons (Fsp3) is 0.615. The van der Waals surface area contributed by atoms with Crippen molar-refractivity contribution in [1.82, 2.24) is 14.3 Å². The van der Waals surface area contributed by atoms with Crippen LogP contribution in [-0.2, 0) is 6.54 Å². The van der Waals surface area contributed by atoms with E-state index in [2.05, 4.69) is 27.5 Å². The summed E-state index contributed by atoms with van der Waals surface area (Å²) < 4.78 is 2.07. The van der Waals surface area contributed by atoms with E-state index in [1.807, 2.05) is 11.6 Å². The first-order valence-electron chi connectivity index (χ1n) is 6.50. The maximum absolute atomic E-state index is 9.84. The van der Waals surface area contributed by atoms with Gasteiger partial charge in [-0.2, -0.15) is 0 Å². The molecule has 2 aromatic rings. The van der Waals surface area contributed by atoms with E-state index >= 15 is 0 Å². The maximum Gasteiger partial charge on any atom is 0.193 e. The molecular weight excluding hydrogens is 246 g/mol. The van der Waals surface area contributed by atoms with E-state index in [1.165, 1.54) is 6.42 Å². The molecule has 2 aromatic heterocycles. The van der Waals surface area contributed by atoms with Gasteiger partial charge < -0.3 is 10.0 Å². The summed E-state index contributed by atoms with van der Waals surface area (Å²) in [6.45, 7) is 1.82. The van der Waals surface area contributed by atoms with Gasteiger partial charge in [0.05, 0.1) is 11.8 Å². The van der Waals surface area contributed by atoms with Crippen molar-refractivity contribution in [3.05, 3.63) is 23.5 Å². The third kappa shape index (κ3) is 2.43. The molecular formula is C13H19N3OS. The summed E-state index contributed by atoms with van der Waals surface area (Å²) in [7, 11) is 2.11. The lowest BCUT2D eigenvalue weighted by Crippen LogP contribution is -2.29. The van der Waals surface area contributed by atoms with Crippen LogP contribution >= 0.6 is 11.3 Å². The summed E-state index contributed by atoms with van der Waals surface area (Å²) in [5.41, 5.74) is 1.11. The van der Waals surface area contributed by atoms with Gasteiger partial charge in [0.2, 0.25) is 0 Å². The summed E-state index contributed by atoms with van der Waals surface area (Å²) in [5, 5.41) is 11.9. The maximum atomic E-state index is 9.84. The molecule has 0 aliphatic heterocycles. The van der Waals surface area contributed by atoms with Gasteiger partial charge in [0.15, 0.2) is 4.96 Å². The van der Waals surface area contributed by atoms with Gasteiger partial charge in [-0.3, -0.25) is 4.40 Å². The molecule has 3 rings (SSSR count). The number of aromatic nitrogens is 2. The van der Waals surface area contributed by atoms with Gasteiger partial charge in [0.25, 0.3) is 0 Å². The highest BCUT2D eigenvalue weighted by molar-refractivity contribution is 7.15. The summed E-state index contributed by atoms with van der Waals surface area (Å²) in [5.74, 6) is 0.443. The predicted molar refractivity (Wildman–Crippen MR) is 72.8 cm³/mol. The fourth-order valence-corrected chi connectivity index (χ4v) is 3.54. The first-order chi connectivity index (χ1) is 8.72. The number of thiazole rings is 1. The van der Waals surface area contributed by atoms with E-state index < -0.39 is 0 Å². The molecule has 1 aliphatic carbocycles. The zero-order valence-electron chi connectivity index (χ0n) is 10.6. The van der Waals surface area contributed by atoms with Crippen LogP contribution in [0.1, 0.15) is 25.0 Å². The van der Waals surface area contributed by atoms with E-state index in [0.717, 1.165) is 36.6 Å². The Labute approximate surface area is 111 Å². The molecule has 2 unspecified atom stereocenters. The lowest BCUT2D eigenvalue weighted by Gasteiger charge is -2.22. The summed E-state index contributed by atoms with van der Waals surface area (Å²) in [4.78, 5) is 7.91. The lowest BCUT2D eigenvalue weighted by molar-refractivity contribution is 0.107. The van der Waals surface area contributed by atoms with Gasteiger partial charge in [0.1, 0.15) is 0 Å². The van der Waals surface area contributed by atoms with E-state index in [1.54, 1.807) is 11.3 Å². The topological polar surface area (TPSA) is 40.8 Å². The van der Waals surface area contributed by atoms with Gasteiger partial charge in [-0.15, -0.1) is 11.3 Å². The number of imidazole rings is 1. The first kappa shape index (κ1) is 12.1. The zero-order valence-corrected chi connectivity index (χ0v) is 11.4. The number of rotatable bonds is 4. The number of hydrogen-bond acceptors (Lipinski definition) is 4. The molecule has 0 bridgehead atoms. The number of aliphatic hydroxyl groups excluding tert-OH is 1. The minimum Gasteiger partial charge on any atom is -0.393 e. The van der Waals surface area contributed by atoms with Crippen LogP contribution in [0.2, 0.25) is 0 Å². The van der Waals surface area contributed by atoms with Crippen LogP contribution in [0, 0.1) is 5.92 Å². The SMILES string of the molecule is CN(Cc1cn2ccsc2n1)CC1CCCC1O. The molecule has 0 spiro atoms. The Bertz CT molecular complexity index is 493. The smallest absolute Gasteiger partial charge is 0.193 e. The van der Waals surface area contributed by atoms with Crippen molar-refractivity contribution >= 4 is 16.3 Å². The highest BCUT2D eigenvalue weighted by Gasteiger charge is 2.26. The molecule has 1 fully saturated rings. The van der Waals surface area contributed by atoms with Gasteiger partial charge >= 0.3 is 0 Å². The molecule has 4 nitrogen and oxygen atoms in total. The van der Waals surface area contributed by atoms with Crippen molar-refractivity contribution in [1.29, 1.82) is 0 Å². The van der Waals surface area contributed by atoms with E-state index in [4.69, 9.17) is 0 Å². The Morgan fingerprint density at radius 2 is 2.44 bits per heavy atom. The Morgan fingerprint density at radius 1 is 1.56 bits per heavy atom. The molecule has 18 heavy (non-hydrogen) atoms. The molecule has 0 radical (unpaired) electrons. The molecule has 98 valence electrons. The lowest BCUT2D eigenvalue weighted by atomic mass is 10.1. The van der Waals surface area contributed by atoms with Gasteiger partial charge in [-0.25, -0.2) is 4.98 Å². The summed E-state index contributed by atoms with van der Waals surface area (Å²) in [6, 6.07) is 0. The monoisotopic (exact) mass is 265 g/mol. The van der Waals surface area contributed by atoms with E-state index in [9.17, 15) is 5.11 Å². The van der Waals surface area contributed by atoms with Crippen LogP contribution in [0.4, 0.5) is 0 Å². The Hall–Kier alpha value is -0.910. The third-order valence-corrected chi connectivity index (χ3v) is 4.51. The van der Waals surface area contributed by atoms with Crippen LogP contribution in [-0.4, -0.2) is 39.1 Å². The average Bonchev–Trinajstić information content (AvgIpc) is 2.96. The minimum absolute atomic E-state index is 0.0991. The standard InChI is InChI=1S/C13H19N3OS/c1-15(7-10-3-2-4-12(10)17)8-11-9-16-5-6-18-13(16)14-11/h5-6,9-10,12,17H,2-4,7-8H2,1H3. The second-order valence-electron chi connectivity index (χ2n) is 5.28. The summed E-state index contributed by atoms with van der Waals surface area (Å²) in [6.07, 6.45) is 7.32. The molecule has 2 atom stereocenters. The molecule has 5 heteroatoms. The third-order valence-electron chi connectivity index (χ3n) is 3.74. The molecule has 0 amide bonds. The first-order valence-corrected chi connectivity index (χ1v) is 7.38. The molecule has 1 saturated carbocycles. The molecule has 1 aliphatic rings. The van der Waals surface area contributed by atoms with E-state index in [-0.39, 0.29) is 6.10 Å². The van der Waals surface area contributed by atoms with Crippen LogP contribution in [0.15, 0.2) is 17.8 Å². The Kier molecular flexibility index (Phi) is 3.37.